The molecule has 0 spiro atoms. The van der Waals surface area contributed by atoms with E-state index in [1.807, 2.05) is 32.7 Å². The van der Waals surface area contributed by atoms with Crippen molar-refractivity contribution in [2.45, 2.75) is 72.1 Å². The van der Waals surface area contributed by atoms with E-state index in [0.29, 0.717) is 0 Å². The molecule has 1 saturated carbocycles. The number of hydrogen-bond donors (Lipinski definition) is 1. The second-order valence-electron chi connectivity index (χ2n) is 6.23. The van der Waals surface area contributed by atoms with Gasteiger partial charge >= 0.3 is 0 Å². The van der Waals surface area contributed by atoms with Gasteiger partial charge in [0.1, 0.15) is 0 Å². The molecule has 0 aliphatic heterocycles. The maximum absolute atomic E-state index is 12.5. The summed E-state index contributed by atoms with van der Waals surface area (Å²) in [6.07, 6.45) is 3.32. The van der Waals surface area contributed by atoms with E-state index in [1.54, 1.807) is 0 Å². The number of hydrogen-bond acceptors (Lipinski definition) is 3. The fourth-order valence-corrected chi connectivity index (χ4v) is 3.58. The first-order chi connectivity index (χ1) is 9.35. The monoisotopic (exact) mass is 284 g/mol. The van der Waals surface area contributed by atoms with E-state index in [0.717, 1.165) is 25.9 Å². The molecule has 1 aliphatic carbocycles. The van der Waals surface area contributed by atoms with Crippen LogP contribution < -0.4 is 5.73 Å². The molecule has 0 aromatic rings. The molecule has 4 heteroatoms. The minimum atomic E-state index is -0.127. The summed E-state index contributed by atoms with van der Waals surface area (Å²) in [5, 5.41) is 0. The normalized spacial score (nSPS) is 27.6. The predicted octanol–water partition coefficient (Wildman–Crippen LogP) is 2.41. The number of ether oxygens (including phenoxy) is 1. The predicted molar refractivity (Wildman–Crippen MR) is 82.4 cm³/mol. The molecule has 118 valence electrons. The van der Waals surface area contributed by atoms with Gasteiger partial charge < -0.3 is 15.4 Å². The number of carbonyl (C=O) groups excluding carboxylic acids is 1. The van der Waals surface area contributed by atoms with Gasteiger partial charge in [-0.25, -0.2) is 0 Å². The summed E-state index contributed by atoms with van der Waals surface area (Å²) in [7, 11) is 1.92. The first-order valence-corrected chi connectivity index (χ1v) is 7.99. The van der Waals surface area contributed by atoms with Gasteiger partial charge in [0, 0.05) is 31.2 Å². The molecule has 4 unspecified atom stereocenters. The molecule has 0 saturated heterocycles. The van der Waals surface area contributed by atoms with Gasteiger partial charge in [0.2, 0.25) is 5.91 Å². The molecular weight excluding hydrogens is 252 g/mol. The molecule has 2 N–H and O–H groups in total. The Labute approximate surface area is 124 Å². The molecule has 0 radical (unpaired) electrons. The topological polar surface area (TPSA) is 55.6 Å². The van der Waals surface area contributed by atoms with Crippen LogP contribution in [0.15, 0.2) is 0 Å². The summed E-state index contributed by atoms with van der Waals surface area (Å²) in [6, 6.07) is 0.174. The Balaban J connectivity index is 2.83. The quantitative estimate of drug-likeness (QED) is 0.781. The number of rotatable bonds is 7. The summed E-state index contributed by atoms with van der Waals surface area (Å²) in [4.78, 5) is 14.4. The van der Waals surface area contributed by atoms with Crippen LogP contribution in [0.4, 0.5) is 0 Å². The molecule has 0 aromatic heterocycles. The third-order valence-electron chi connectivity index (χ3n) is 5.42. The fourth-order valence-electron chi connectivity index (χ4n) is 3.58. The van der Waals surface area contributed by atoms with Crippen molar-refractivity contribution in [1.29, 1.82) is 0 Å². The van der Waals surface area contributed by atoms with Crippen molar-refractivity contribution < 1.29 is 9.53 Å². The van der Waals surface area contributed by atoms with Crippen LogP contribution in [0.3, 0.4) is 0 Å². The zero-order valence-corrected chi connectivity index (χ0v) is 14.0. The van der Waals surface area contributed by atoms with E-state index >= 15 is 0 Å². The van der Waals surface area contributed by atoms with Gasteiger partial charge in [-0.2, -0.15) is 0 Å². The van der Waals surface area contributed by atoms with Crippen molar-refractivity contribution in [2.24, 2.45) is 17.1 Å². The van der Waals surface area contributed by atoms with E-state index in [4.69, 9.17) is 10.5 Å². The van der Waals surface area contributed by atoms with E-state index < -0.39 is 0 Å². The van der Waals surface area contributed by atoms with Crippen LogP contribution in [0.5, 0.6) is 0 Å². The van der Waals surface area contributed by atoms with Gasteiger partial charge in [-0.05, 0) is 33.1 Å². The van der Waals surface area contributed by atoms with Crippen LogP contribution in [0.2, 0.25) is 0 Å². The number of nitrogens with two attached hydrogens (primary N) is 1. The maximum Gasteiger partial charge on any atom is 0.226 e. The Kier molecular flexibility index (Phi) is 6.02. The second-order valence-corrected chi connectivity index (χ2v) is 6.23. The lowest BCUT2D eigenvalue weighted by atomic mass is 9.58. The van der Waals surface area contributed by atoms with Gasteiger partial charge in [-0.15, -0.1) is 0 Å². The molecule has 4 nitrogen and oxygen atoms in total. The highest BCUT2D eigenvalue weighted by Crippen LogP contribution is 2.51. The average molecular weight is 284 g/mol. The standard InChI is InChI=1S/C16H32N2O2/c1-7-16(8-2)13(10-14(16)20-9-3)18(6)15(19)11(4)12(5)17/h11-14H,7-10,17H2,1-6H3. The highest BCUT2D eigenvalue weighted by Gasteiger charge is 2.56. The molecule has 0 bridgehead atoms. The summed E-state index contributed by atoms with van der Waals surface area (Å²) in [5.41, 5.74) is 5.98. The first-order valence-electron chi connectivity index (χ1n) is 7.99. The van der Waals surface area contributed by atoms with Crippen molar-refractivity contribution in [3.63, 3.8) is 0 Å². The second kappa shape index (κ2) is 6.90. The third kappa shape index (κ3) is 2.86. The van der Waals surface area contributed by atoms with Crippen LogP contribution in [0, 0.1) is 11.3 Å². The zero-order chi connectivity index (χ0) is 15.5. The number of amides is 1. The SMILES string of the molecule is CCOC1CC(N(C)C(=O)C(C)C(C)N)C1(CC)CC. The summed E-state index contributed by atoms with van der Waals surface area (Å²) < 4.78 is 5.88. The Morgan fingerprint density at radius 1 is 1.35 bits per heavy atom. The molecular formula is C16H32N2O2. The van der Waals surface area contributed by atoms with Crippen molar-refractivity contribution >= 4 is 5.91 Å². The van der Waals surface area contributed by atoms with Crippen molar-refractivity contribution in [1.82, 2.24) is 4.90 Å². The lowest BCUT2D eigenvalue weighted by molar-refractivity contribution is -0.179. The Morgan fingerprint density at radius 3 is 2.30 bits per heavy atom. The largest absolute Gasteiger partial charge is 0.378 e. The van der Waals surface area contributed by atoms with Gasteiger partial charge in [-0.3, -0.25) is 4.79 Å². The van der Waals surface area contributed by atoms with Gasteiger partial charge in [0.05, 0.1) is 12.0 Å². The molecule has 0 heterocycles. The van der Waals surface area contributed by atoms with Crippen LogP contribution in [0.25, 0.3) is 0 Å². The average Bonchev–Trinajstić information content (AvgIpc) is 2.42. The van der Waals surface area contributed by atoms with Crippen molar-refractivity contribution in [2.75, 3.05) is 13.7 Å². The van der Waals surface area contributed by atoms with Crippen LogP contribution >= 0.6 is 0 Å². The highest BCUT2D eigenvalue weighted by molar-refractivity contribution is 5.79. The van der Waals surface area contributed by atoms with Crippen LogP contribution in [-0.4, -0.2) is 42.6 Å². The summed E-state index contributed by atoms with van der Waals surface area (Å²) in [5.74, 6) is 0.0313. The van der Waals surface area contributed by atoms with Gasteiger partial charge in [-0.1, -0.05) is 20.8 Å². The zero-order valence-electron chi connectivity index (χ0n) is 14.0. The molecule has 1 amide bonds. The van der Waals surface area contributed by atoms with Gasteiger partial charge in [0.15, 0.2) is 0 Å². The Hall–Kier alpha value is -0.610. The van der Waals surface area contributed by atoms with Crippen LogP contribution in [-0.2, 0) is 9.53 Å². The van der Waals surface area contributed by atoms with Crippen molar-refractivity contribution in [3.8, 4) is 0 Å². The maximum atomic E-state index is 12.5. The Bertz CT molecular complexity index is 326. The fraction of sp³-hybridized carbons (Fsp3) is 0.938. The number of nitrogens with zero attached hydrogens (tertiary/aromatic N) is 1. The molecule has 1 aliphatic rings. The van der Waals surface area contributed by atoms with E-state index in [2.05, 4.69) is 13.8 Å². The molecule has 0 aromatic carbocycles. The lowest BCUT2D eigenvalue weighted by Gasteiger charge is -2.58. The van der Waals surface area contributed by atoms with E-state index in [-0.39, 0.29) is 35.4 Å². The summed E-state index contributed by atoms with van der Waals surface area (Å²) >= 11 is 0. The molecule has 1 rings (SSSR count). The smallest absolute Gasteiger partial charge is 0.226 e. The van der Waals surface area contributed by atoms with Crippen LogP contribution in [0.1, 0.15) is 53.9 Å². The summed E-state index contributed by atoms with van der Waals surface area (Å²) in [6.45, 7) is 11.0. The Morgan fingerprint density at radius 2 is 1.90 bits per heavy atom. The third-order valence-corrected chi connectivity index (χ3v) is 5.42. The molecule has 4 atom stereocenters. The molecule has 20 heavy (non-hydrogen) atoms. The van der Waals surface area contributed by atoms with Gasteiger partial charge in [0.25, 0.3) is 0 Å². The lowest BCUT2D eigenvalue weighted by Crippen LogP contribution is -2.65. The minimum absolute atomic E-state index is 0.106. The minimum Gasteiger partial charge on any atom is -0.378 e. The van der Waals surface area contributed by atoms with E-state index in [9.17, 15) is 4.79 Å². The van der Waals surface area contributed by atoms with Crippen molar-refractivity contribution in [3.05, 3.63) is 0 Å². The molecule has 1 fully saturated rings. The first kappa shape index (κ1) is 17.4. The highest BCUT2D eigenvalue weighted by atomic mass is 16.5. The number of carbonyl (C=O) groups is 1. The van der Waals surface area contributed by atoms with E-state index in [1.165, 1.54) is 0 Å².